The molecule has 0 aliphatic carbocycles. The van der Waals surface area contributed by atoms with Crippen LogP contribution in [0.15, 0.2) is 30.5 Å². The number of benzene rings is 1. The number of rotatable bonds is 1. The SMILES string of the molecule is O=C1NCC(O)CC12CN(c1cnc3ccccc3n1)C2. The first kappa shape index (κ1) is 12.5. The van der Waals surface area contributed by atoms with Crippen LogP contribution in [0.2, 0.25) is 0 Å². The lowest BCUT2D eigenvalue weighted by atomic mass is 9.72. The molecule has 2 fully saturated rings. The number of piperidine rings is 1. The van der Waals surface area contributed by atoms with E-state index in [1.807, 2.05) is 29.2 Å². The van der Waals surface area contributed by atoms with Crippen LogP contribution in [0.25, 0.3) is 11.0 Å². The molecule has 2 aromatic rings. The predicted molar refractivity (Wildman–Crippen MR) is 77.8 cm³/mol. The number of para-hydroxylation sites is 2. The van der Waals surface area contributed by atoms with E-state index in [1.54, 1.807) is 6.20 Å². The van der Waals surface area contributed by atoms with Gasteiger partial charge in [-0.2, -0.15) is 0 Å². The van der Waals surface area contributed by atoms with E-state index >= 15 is 0 Å². The van der Waals surface area contributed by atoms with E-state index in [-0.39, 0.29) is 5.91 Å². The Morgan fingerprint density at radius 1 is 1.29 bits per heavy atom. The van der Waals surface area contributed by atoms with Crippen LogP contribution < -0.4 is 10.2 Å². The molecule has 1 atom stereocenters. The molecule has 4 rings (SSSR count). The minimum atomic E-state index is -0.467. The van der Waals surface area contributed by atoms with Gasteiger partial charge in [-0.15, -0.1) is 0 Å². The molecule has 0 saturated carbocycles. The Hall–Kier alpha value is -2.21. The monoisotopic (exact) mass is 284 g/mol. The molecule has 108 valence electrons. The second kappa shape index (κ2) is 4.39. The fourth-order valence-electron chi connectivity index (χ4n) is 3.23. The topological polar surface area (TPSA) is 78.4 Å². The van der Waals surface area contributed by atoms with Crippen LogP contribution in [0.5, 0.6) is 0 Å². The summed E-state index contributed by atoms with van der Waals surface area (Å²) in [7, 11) is 0. The average molecular weight is 284 g/mol. The van der Waals surface area contributed by atoms with Crippen LogP contribution in [-0.2, 0) is 4.79 Å². The molecule has 2 aliphatic rings. The number of aromatic nitrogens is 2. The Labute approximate surface area is 121 Å². The van der Waals surface area contributed by atoms with E-state index in [9.17, 15) is 9.90 Å². The van der Waals surface area contributed by atoms with Gasteiger partial charge < -0.3 is 15.3 Å². The highest BCUT2D eigenvalue weighted by Crippen LogP contribution is 2.39. The van der Waals surface area contributed by atoms with E-state index in [0.717, 1.165) is 16.9 Å². The lowest BCUT2D eigenvalue weighted by Crippen LogP contribution is -2.67. The van der Waals surface area contributed by atoms with E-state index in [4.69, 9.17) is 0 Å². The molecule has 6 nitrogen and oxygen atoms in total. The summed E-state index contributed by atoms with van der Waals surface area (Å²) < 4.78 is 0. The van der Waals surface area contributed by atoms with Crippen LogP contribution in [0.4, 0.5) is 5.82 Å². The number of carbonyl (C=O) groups is 1. The molecule has 6 heteroatoms. The number of hydrogen-bond donors (Lipinski definition) is 2. The van der Waals surface area contributed by atoms with Crippen LogP contribution in [-0.4, -0.2) is 46.7 Å². The Kier molecular flexibility index (Phi) is 2.62. The molecule has 2 saturated heterocycles. The molecule has 21 heavy (non-hydrogen) atoms. The molecule has 2 N–H and O–H groups in total. The molecule has 2 aliphatic heterocycles. The fourth-order valence-corrected chi connectivity index (χ4v) is 3.23. The maximum Gasteiger partial charge on any atom is 0.230 e. The normalized spacial score (nSPS) is 24.0. The van der Waals surface area contributed by atoms with Crippen LogP contribution in [0, 0.1) is 5.41 Å². The minimum Gasteiger partial charge on any atom is -0.391 e. The predicted octanol–water partition coefficient (Wildman–Crippen LogP) is 0.317. The van der Waals surface area contributed by atoms with Gasteiger partial charge in [-0.05, 0) is 18.6 Å². The summed E-state index contributed by atoms with van der Waals surface area (Å²) in [5.41, 5.74) is 1.25. The number of fused-ring (bicyclic) bond motifs is 1. The third kappa shape index (κ3) is 1.94. The van der Waals surface area contributed by atoms with E-state index in [0.29, 0.717) is 26.1 Å². The molecule has 1 spiro atoms. The van der Waals surface area contributed by atoms with E-state index < -0.39 is 11.5 Å². The summed E-state index contributed by atoms with van der Waals surface area (Å²) in [5.74, 6) is 0.824. The number of β-amino-alcohol motifs (C(OH)–C–C–N with tert-alkyl or cyclic N) is 1. The first-order chi connectivity index (χ1) is 10.2. The van der Waals surface area contributed by atoms with Gasteiger partial charge in [0.25, 0.3) is 0 Å². The molecule has 1 unspecified atom stereocenters. The Bertz CT molecular complexity index is 712. The first-order valence-electron chi connectivity index (χ1n) is 7.09. The van der Waals surface area contributed by atoms with E-state index in [1.165, 1.54) is 0 Å². The van der Waals surface area contributed by atoms with Gasteiger partial charge in [0.1, 0.15) is 5.82 Å². The Morgan fingerprint density at radius 2 is 2.05 bits per heavy atom. The average Bonchev–Trinajstić information content (AvgIpc) is 2.47. The summed E-state index contributed by atoms with van der Waals surface area (Å²) in [6.07, 6.45) is 1.82. The largest absolute Gasteiger partial charge is 0.391 e. The molecular weight excluding hydrogens is 268 g/mol. The summed E-state index contributed by atoms with van der Waals surface area (Å²) in [6.45, 7) is 1.53. The van der Waals surface area contributed by atoms with Crippen molar-refractivity contribution < 1.29 is 9.90 Å². The van der Waals surface area contributed by atoms with Crippen LogP contribution in [0.1, 0.15) is 6.42 Å². The fraction of sp³-hybridized carbons (Fsp3) is 0.400. The minimum absolute atomic E-state index is 0.0396. The number of nitrogens with one attached hydrogen (secondary N) is 1. The van der Waals surface area contributed by atoms with E-state index in [2.05, 4.69) is 15.3 Å². The summed E-state index contributed by atoms with van der Waals surface area (Å²) in [4.78, 5) is 23.1. The zero-order valence-corrected chi connectivity index (χ0v) is 11.5. The van der Waals surface area contributed by atoms with Gasteiger partial charge in [0, 0.05) is 19.6 Å². The van der Waals surface area contributed by atoms with Crippen LogP contribution in [0.3, 0.4) is 0 Å². The maximum atomic E-state index is 12.0. The summed E-state index contributed by atoms with van der Waals surface area (Å²) in [6, 6.07) is 7.72. The molecule has 1 aromatic carbocycles. The summed E-state index contributed by atoms with van der Waals surface area (Å²) in [5, 5.41) is 12.5. The standard InChI is InChI=1S/C15H16N4O2/c20-10-5-15(14(21)17-6-10)8-19(9-15)13-7-16-11-3-1-2-4-12(11)18-13/h1-4,7,10,20H,5-6,8-9H2,(H,17,21). The Balaban J connectivity index is 1.57. The third-order valence-corrected chi connectivity index (χ3v) is 4.35. The van der Waals surface area contributed by atoms with Crippen molar-refractivity contribution in [3.8, 4) is 0 Å². The Morgan fingerprint density at radius 3 is 2.86 bits per heavy atom. The molecule has 0 bridgehead atoms. The smallest absolute Gasteiger partial charge is 0.230 e. The van der Waals surface area contributed by atoms with Crippen molar-refractivity contribution in [3.63, 3.8) is 0 Å². The lowest BCUT2D eigenvalue weighted by molar-refractivity contribution is -0.139. The van der Waals surface area contributed by atoms with Gasteiger partial charge in [0.15, 0.2) is 0 Å². The summed E-state index contributed by atoms with van der Waals surface area (Å²) >= 11 is 0. The highest BCUT2D eigenvalue weighted by molar-refractivity contribution is 5.87. The number of hydrogen-bond acceptors (Lipinski definition) is 5. The molecule has 1 aromatic heterocycles. The number of carbonyl (C=O) groups excluding carboxylic acids is 1. The molecule has 3 heterocycles. The van der Waals surface area contributed by atoms with Gasteiger partial charge in [-0.25, -0.2) is 4.98 Å². The molecule has 1 amide bonds. The highest BCUT2D eigenvalue weighted by Gasteiger charge is 2.52. The number of anilines is 1. The van der Waals surface area contributed by atoms with Crippen molar-refractivity contribution in [1.29, 1.82) is 0 Å². The van der Waals surface area contributed by atoms with Gasteiger partial charge in [-0.3, -0.25) is 9.78 Å². The molecular formula is C15H16N4O2. The quantitative estimate of drug-likeness (QED) is 0.788. The number of aliphatic hydroxyl groups is 1. The van der Waals surface area contributed by atoms with Gasteiger partial charge in [0.2, 0.25) is 5.91 Å². The maximum absolute atomic E-state index is 12.0. The van der Waals surface area contributed by atoms with Crippen molar-refractivity contribution in [3.05, 3.63) is 30.5 Å². The van der Waals surface area contributed by atoms with Crippen molar-refractivity contribution >= 4 is 22.8 Å². The first-order valence-corrected chi connectivity index (χ1v) is 7.09. The third-order valence-electron chi connectivity index (χ3n) is 4.35. The number of amides is 1. The van der Waals surface area contributed by atoms with Crippen molar-refractivity contribution in [2.24, 2.45) is 5.41 Å². The highest BCUT2D eigenvalue weighted by atomic mass is 16.3. The molecule has 0 radical (unpaired) electrons. The second-order valence-electron chi connectivity index (χ2n) is 5.92. The zero-order chi connectivity index (χ0) is 14.4. The number of nitrogens with zero attached hydrogens (tertiary/aromatic N) is 3. The number of aliphatic hydroxyl groups excluding tert-OH is 1. The second-order valence-corrected chi connectivity index (χ2v) is 5.92. The van der Waals surface area contributed by atoms with Crippen molar-refractivity contribution in [2.75, 3.05) is 24.5 Å². The zero-order valence-electron chi connectivity index (χ0n) is 11.5. The van der Waals surface area contributed by atoms with Crippen LogP contribution >= 0.6 is 0 Å². The van der Waals surface area contributed by atoms with Gasteiger partial charge in [-0.1, -0.05) is 12.1 Å². The van der Waals surface area contributed by atoms with Gasteiger partial charge >= 0.3 is 0 Å². The lowest BCUT2D eigenvalue weighted by Gasteiger charge is -2.51. The van der Waals surface area contributed by atoms with Crippen molar-refractivity contribution in [1.82, 2.24) is 15.3 Å². The van der Waals surface area contributed by atoms with Crippen molar-refractivity contribution in [2.45, 2.75) is 12.5 Å². The van der Waals surface area contributed by atoms with Gasteiger partial charge in [0.05, 0.1) is 28.7 Å².